The van der Waals surface area contributed by atoms with Gasteiger partial charge in [-0.25, -0.2) is 0 Å². The van der Waals surface area contributed by atoms with Crippen LogP contribution in [0.4, 0.5) is 0 Å². The Bertz CT molecular complexity index is 583. The number of nitrogens with one attached hydrogen (secondary N) is 1. The minimum Gasteiger partial charge on any atom is -0.497 e. The molecule has 1 aromatic carbocycles. The Balaban J connectivity index is 2.18. The molecule has 1 heterocycles. The Labute approximate surface area is 150 Å². The second-order valence-electron chi connectivity index (χ2n) is 7.17. The van der Waals surface area contributed by atoms with E-state index in [2.05, 4.69) is 5.32 Å². The Morgan fingerprint density at radius 3 is 2.48 bits per heavy atom. The number of ether oxygens (including phenoxy) is 1. The summed E-state index contributed by atoms with van der Waals surface area (Å²) >= 11 is 0. The monoisotopic (exact) mass is 346 g/mol. The summed E-state index contributed by atoms with van der Waals surface area (Å²) in [5.74, 6) is 1.12. The van der Waals surface area contributed by atoms with Gasteiger partial charge in [0.2, 0.25) is 11.8 Å². The number of nitrogens with zero attached hydrogens (tertiary/aromatic N) is 1. The smallest absolute Gasteiger partial charge is 0.225 e. The molecule has 0 spiro atoms. The highest BCUT2D eigenvalue weighted by Gasteiger charge is 2.40. The number of amides is 2. The van der Waals surface area contributed by atoms with Crippen LogP contribution in [-0.2, 0) is 9.59 Å². The maximum atomic E-state index is 12.6. The van der Waals surface area contributed by atoms with Gasteiger partial charge < -0.3 is 15.0 Å². The standard InChI is InChI=1S/C20H30N2O3/c1-5-10-21-20(24)18-13-22(19(23)11-14(2)3)12-17(18)15-6-8-16(25-4)9-7-15/h6-9,14,17-18H,5,10-13H2,1-4H3,(H,21,24). The molecule has 0 aliphatic carbocycles. The number of likely N-dealkylation sites (tertiary alicyclic amines) is 1. The Morgan fingerprint density at radius 2 is 1.92 bits per heavy atom. The zero-order valence-electron chi connectivity index (χ0n) is 15.7. The normalized spacial score (nSPS) is 20.0. The molecule has 2 rings (SSSR count). The van der Waals surface area contributed by atoms with Gasteiger partial charge in [-0.1, -0.05) is 32.9 Å². The van der Waals surface area contributed by atoms with Crippen molar-refractivity contribution in [1.82, 2.24) is 10.2 Å². The minimum absolute atomic E-state index is 0.0267. The fourth-order valence-electron chi connectivity index (χ4n) is 3.32. The van der Waals surface area contributed by atoms with Crippen LogP contribution < -0.4 is 10.1 Å². The Morgan fingerprint density at radius 1 is 1.24 bits per heavy atom. The molecule has 1 aliphatic rings. The van der Waals surface area contributed by atoms with Crippen LogP contribution in [-0.4, -0.2) is 43.5 Å². The van der Waals surface area contributed by atoms with E-state index in [-0.39, 0.29) is 23.7 Å². The van der Waals surface area contributed by atoms with Gasteiger partial charge in [0.15, 0.2) is 0 Å². The van der Waals surface area contributed by atoms with Gasteiger partial charge in [-0.3, -0.25) is 9.59 Å². The van der Waals surface area contributed by atoms with Crippen LogP contribution in [0.5, 0.6) is 5.75 Å². The predicted octanol–water partition coefficient (Wildman–Crippen LogP) is 2.81. The van der Waals surface area contributed by atoms with Gasteiger partial charge in [-0.15, -0.1) is 0 Å². The number of benzene rings is 1. The van der Waals surface area contributed by atoms with Gasteiger partial charge in [0.25, 0.3) is 0 Å². The van der Waals surface area contributed by atoms with Gasteiger partial charge in [0, 0.05) is 32.0 Å². The summed E-state index contributed by atoms with van der Waals surface area (Å²) in [7, 11) is 1.64. The number of carbonyl (C=O) groups excluding carboxylic acids is 2. The van der Waals surface area contributed by atoms with E-state index in [1.165, 1.54) is 0 Å². The van der Waals surface area contributed by atoms with E-state index in [4.69, 9.17) is 4.74 Å². The van der Waals surface area contributed by atoms with E-state index < -0.39 is 0 Å². The Kier molecular flexibility index (Phi) is 6.85. The fraction of sp³-hybridized carbons (Fsp3) is 0.600. The van der Waals surface area contributed by atoms with E-state index >= 15 is 0 Å². The molecular formula is C20H30N2O3. The highest BCUT2D eigenvalue weighted by atomic mass is 16.5. The molecule has 0 radical (unpaired) electrons. The van der Waals surface area contributed by atoms with E-state index in [1.54, 1.807) is 7.11 Å². The van der Waals surface area contributed by atoms with Crippen LogP contribution in [0.2, 0.25) is 0 Å². The molecule has 1 aromatic rings. The second kappa shape index (κ2) is 8.88. The van der Waals surface area contributed by atoms with Crippen LogP contribution in [0, 0.1) is 11.8 Å². The zero-order chi connectivity index (χ0) is 18.4. The van der Waals surface area contributed by atoms with Crippen molar-refractivity contribution in [3.05, 3.63) is 29.8 Å². The molecule has 138 valence electrons. The van der Waals surface area contributed by atoms with Crippen molar-refractivity contribution in [2.75, 3.05) is 26.7 Å². The fourth-order valence-corrected chi connectivity index (χ4v) is 3.32. The van der Waals surface area contributed by atoms with E-state index in [0.29, 0.717) is 32.0 Å². The number of methoxy groups -OCH3 is 1. The third-order valence-corrected chi connectivity index (χ3v) is 4.69. The van der Waals surface area contributed by atoms with Gasteiger partial charge in [-0.2, -0.15) is 0 Å². The van der Waals surface area contributed by atoms with Crippen molar-refractivity contribution in [3.8, 4) is 5.75 Å². The van der Waals surface area contributed by atoms with E-state index in [0.717, 1.165) is 17.7 Å². The van der Waals surface area contributed by atoms with Crippen LogP contribution in [0.1, 0.15) is 45.1 Å². The Hall–Kier alpha value is -2.04. The van der Waals surface area contributed by atoms with Gasteiger partial charge in [0.1, 0.15) is 5.75 Å². The summed E-state index contributed by atoms with van der Waals surface area (Å²) in [6.45, 7) is 7.89. The SMILES string of the molecule is CCCNC(=O)C1CN(C(=O)CC(C)C)CC1c1ccc(OC)cc1. The molecule has 1 N–H and O–H groups in total. The molecule has 5 nitrogen and oxygen atoms in total. The first kappa shape index (κ1) is 19.3. The molecule has 1 aliphatic heterocycles. The summed E-state index contributed by atoms with van der Waals surface area (Å²) in [5.41, 5.74) is 1.08. The topological polar surface area (TPSA) is 58.6 Å². The number of hydrogen-bond donors (Lipinski definition) is 1. The molecule has 2 unspecified atom stereocenters. The predicted molar refractivity (Wildman–Crippen MR) is 98.6 cm³/mol. The van der Waals surface area contributed by atoms with Crippen molar-refractivity contribution < 1.29 is 14.3 Å². The van der Waals surface area contributed by atoms with Gasteiger partial charge in [-0.05, 0) is 30.0 Å². The van der Waals surface area contributed by atoms with Crippen molar-refractivity contribution in [2.45, 2.75) is 39.5 Å². The molecule has 25 heavy (non-hydrogen) atoms. The average Bonchev–Trinajstić information content (AvgIpc) is 3.04. The molecule has 0 aromatic heterocycles. The lowest BCUT2D eigenvalue weighted by atomic mass is 9.88. The van der Waals surface area contributed by atoms with E-state index in [9.17, 15) is 9.59 Å². The van der Waals surface area contributed by atoms with Crippen LogP contribution >= 0.6 is 0 Å². The maximum Gasteiger partial charge on any atom is 0.225 e. The van der Waals surface area contributed by atoms with Crippen molar-refractivity contribution in [3.63, 3.8) is 0 Å². The highest BCUT2D eigenvalue weighted by molar-refractivity contribution is 5.83. The third-order valence-electron chi connectivity index (χ3n) is 4.69. The van der Waals surface area contributed by atoms with Gasteiger partial charge >= 0.3 is 0 Å². The van der Waals surface area contributed by atoms with E-state index in [1.807, 2.05) is 49.9 Å². The second-order valence-corrected chi connectivity index (χ2v) is 7.17. The van der Waals surface area contributed by atoms with Gasteiger partial charge in [0.05, 0.1) is 13.0 Å². The molecule has 2 amide bonds. The molecule has 5 heteroatoms. The highest BCUT2D eigenvalue weighted by Crippen LogP contribution is 2.34. The molecule has 1 fully saturated rings. The summed E-state index contributed by atoms with van der Waals surface area (Å²) in [5, 5.41) is 3.00. The molecule has 1 saturated heterocycles. The first-order valence-corrected chi connectivity index (χ1v) is 9.15. The summed E-state index contributed by atoms with van der Waals surface area (Å²) in [4.78, 5) is 27.0. The molecular weight excluding hydrogens is 316 g/mol. The first-order valence-electron chi connectivity index (χ1n) is 9.15. The quantitative estimate of drug-likeness (QED) is 0.826. The van der Waals surface area contributed by atoms with Crippen LogP contribution in [0.15, 0.2) is 24.3 Å². The lowest BCUT2D eigenvalue weighted by molar-refractivity contribution is -0.131. The summed E-state index contributed by atoms with van der Waals surface area (Å²) in [6, 6.07) is 7.82. The van der Waals surface area contributed by atoms with Crippen LogP contribution in [0.3, 0.4) is 0 Å². The number of rotatable bonds is 7. The number of carbonyl (C=O) groups is 2. The number of hydrogen-bond acceptors (Lipinski definition) is 3. The van der Waals surface area contributed by atoms with Crippen molar-refractivity contribution in [2.24, 2.45) is 11.8 Å². The molecule has 2 atom stereocenters. The van der Waals surface area contributed by atoms with Crippen molar-refractivity contribution in [1.29, 1.82) is 0 Å². The maximum absolute atomic E-state index is 12.6. The lowest BCUT2D eigenvalue weighted by Gasteiger charge is -2.18. The van der Waals surface area contributed by atoms with Crippen LogP contribution in [0.25, 0.3) is 0 Å². The van der Waals surface area contributed by atoms with Crippen molar-refractivity contribution >= 4 is 11.8 Å². The largest absolute Gasteiger partial charge is 0.497 e. The minimum atomic E-state index is -0.198. The lowest BCUT2D eigenvalue weighted by Crippen LogP contribution is -2.36. The summed E-state index contributed by atoms with van der Waals surface area (Å²) < 4.78 is 5.22. The molecule has 0 bridgehead atoms. The average molecular weight is 346 g/mol. The zero-order valence-corrected chi connectivity index (χ0v) is 15.7. The summed E-state index contributed by atoms with van der Waals surface area (Å²) in [6.07, 6.45) is 1.43. The third kappa shape index (κ3) is 4.97. The molecule has 0 saturated carbocycles. The first-order chi connectivity index (χ1) is 12.0.